The molecule has 2 aromatic rings. The summed E-state index contributed by atoms with van der Waals surface area (Å²) in [7, 11) is 0. The third kappa shape index (κ3) is 3.02. The molecule has 0 radical (unpaired) electrons. The first kappa shape index (κ1) is 14.7. The summed E-state index contributed by atoms with van der Waals surface area (Å²) in [6.07, 6.45) is 4.48. The molecular formula is C17H17N3OS. The molecule has 3 rings (SSSR count). The number of aromatic nitrogens is 1. The second-order valence-electron chi connectivity index (χ2n) is 5.55. The van der Waals surface area contributed by atoms with Gasteiger partial charge in [0.15, 0.2) is 5.13 Å². The third-order valence-corrected chi connectivity index (χ3v) is 5.15. The highest BCUT2D eigenvalue weighted by Gasteiger charge is 2.22. The minimum atomic E-state index is -0.178. The van der Waals surface area contributed by atoms with E-state index in [4.69, 9.17) is 5.26 Å². The number of benzene rings is 1. The van der Waals surface area contributed by atoms with E-state index in [9.17, 15) is 4.79 Å². The summed E-state index contributed by atoms with van der Waals surface area (Å²) >= 11 is 1.59. The molecule has 0 spiro atoms. The Bertz CT molecular complexity index is 727. The Morgan fingerprint density at radius 2 is 2.23 bits per heavy atom. The molecule has 0 aliphatic heterocycles. The molecule has 0 fully saturated rings. The lowest BCUT2D eigenvalue weighted by molar-refractivity contribution is 0.102. The maximum absolute atomic E-state index is 12.2. The molecule has 5 heteroatoms. The Balaban J connectivity index is 1.72. The van der Waals surface area contributed by atoms with Crippen LogP contribution in [0.15, 0.2) is 24.3 Å². The van der Waals surface area contributed by atoms with E-state index in [0.29, 0.717) is 16.3 Å². The number of hydrogen-bond acceptors (Lipinski definition) is 4. The van der Waals surface area contributed by atoms with Crippen molar-refractivity contribution in [2.75, 3.05) is 5.32 Å². The molecule has 1 heterocycles. The van der Waals surface area contributed by atoms with Crippen molar-refractivity contribution in [2.24, 2.45) is 5.92 Å². The van der Waals surface area contributed by atoms with E-state index in [1.807, 2.05) is 6.07 Å². The summed E-state index contributed by atoms with van der Waals surface area (Å²) in [4.78, 5) is 18.1. The van der Waals surface area contributed by atoms with E-state index in [-0.39, 0.29) is 5.91 Å². The van der Waals surface area contributed by atoms with Crippen molar-refractivity contribution < 1.29 is 4.79 Å². The first-order valence-electron chi connectivity index (χ1n) is 7.49. The number of nitrogens with zero attached hydrogens (tertiary/aromatic N) is 2. The number of anilines is 1. The number of fused-ring (bicyclic) bond motifs is 1. The predicted molar refractivity (Wildman–Crippen MR) is 87.0 cm³/mol. The SMILES string of the molecule is CC[C@@H]1CCc2nc(NC(=O)c3ccc(C#N)cc3)sc2C1. The Labute approximate surface area is 133 Å². The maximum Gasteiger partial charge on any atom is 0.257 e. The summed E-state index contributed by atoms with van der Waals surface area (Å²) in [5, 5.41) is 12.3. The van der Waals surface area contributed by atoms with Crippen molar-refractivity contribution in [1.82, 2.24) is 4.98 Å². The van der Waals surface area contributed by atoms with Crippen LogP contribution in [-0.4, -0.2) is 10.9 Å². The van der Waals surface area contributed by atoms with Crippen molar-refractivity contribution in [3.05, 3.63) is 46.0 Å². The van der Waals surface area contributed by atoms with Crippen LogP contribution in [0.1, 0.15) is 46.3 Å². The summed E-state index contributed by atoms with van der Waals surface area (Å²) in [6.45, 7) is 2.23. The van der Waals surface area contributed by atoms with E-state index < -0.39 is 0 Å². The average molecular weight is 311 g/mol. The second kappa shape index (κ2) is 6.29. The van der Waals surface area contributed by atoms with Crippen LogP contribution in [0, 0.1) is 17.2 Å². The third-order valence-electron chi connectivity index (χ3n) is 4.12. The van der Waals surface area contributed by atoms with Crippen LogP contribution < -0.4 is 5.32 Å². The fourth-order valence-electron chi connectivity index (χ4n) is 2.71. The lowest BCUT2D eigenvalue weighted by Gasteiger charge is -2.18. The van der Waals surface area contributed by atoms with E-state index in [1.165, 1.54) is 17.7 Å². The van der Waals surface area contributed by atoms with Crippen molar-refractivity contribution in [3.8, 4) is 6.07 Å². The van der Waals surface area contributed by atoms with Crippen molar-refractivity contribution >= 4 is 22.4 Å². The van der Waals surface area contributed by atoms with E-state index in [1.54, 1.807) is 35.6 Å². The lowest BCUT2D eigenvalue weighted by Crippen LogP contribution is -2.12. The van der Waals surface area contributed by atoms with Crippen LogP contribution in [0.5, 0.6) is 0 Å². The van der Waals surface area contributed by atoms with Gasteiger partial charge in [-0.05, 0) is 49.4 Å². The van der Waals surface area contributed by atoms with Gasteiger partial charge in [-0.1, -0.05) is 13.3 Å². The van der Waals surface area contributed by atoms with Gasteiger partial charge in [-0.2, -0.15) is 5.26 Å². The number of rotatable bonds is 3. The Morgan fingerprint density at radius 1 is 1.45 bits per heavy atom. The van der Waals surface area contributed by atoms with Crippen molar-refractivity contribution in [3.63, 3.8) is 0 Å². The molecule has 1 aliphatic carbocycles. The Kier molecular flexibility index (Phi) is 4.21. The van der Waals surface area contributed by atoms with Crippen LogP contribution in [0.3, 0.4) is 0 Å². The summed E-state index contributed by atoms with van der Waals surface area (Å²) in [6, 6.07) is 8.66. The van der Waals surface area contributed by atoms with E-state index in [2.05, 4.69) is 17.2 Å². The van der Waals surface area contributed by atoms with Crippen LogP contribution in [0.25, 0.3) is 0 Å². The van der Waals surface area contributed by atoms with Crippen LogP contribution in [0.2, 0.25) is 0 Å². The number of amides is 1. The molecule has 1 aliphatic rings. The van der Waals surface area contributed by atoms with Gasteiger partial charge in [-0.25, -0.2) is 4.98 Å². The zero-order chi connectivity index (χ0) is 15.5. The molecular weight excluding hydrogens is 294 g/mol. The first-order chi connectivity index (χ1) is 10.7. The summed E-state index contributed by atoms with van der Waals surface area (Å²) in [5.41, 5.74) is 2.23. The predicted octanol–water partition coefficient (Wildman–Crippen LogP) is 3.78. The number of hydrogen-bond donors (Lipinski definition) is 1. The number of nitrogens with one attached hydrogen (secondary N) is 1. The van der Waals surface area contributed by atoms with Gasteiger partial charge in [-0.15, -0.1) is 11.3 Å². The van der Waals surface area contributed by atoms with Gasteiger partial charge in [0.2, 0.25) is 0 Å². The van der Waals surface area contributed by atoms with Gasteiger partial charge >= 0.3 is 0 Å². The highest BCUT2D eigenvalue weighted by atomic mass is 32.1. The summed E-state index contributed by atoms with van der Waals surface area (Å²) in [5.74, 6) is 0.567. The van der Waals surface area contributed by atoms with Gasteiger partial charge in [0.1, 0.15) is 0 Å². The highest BCUT2D eigenvalue weighted by Crippen LogP contribution is 2.33. The maximum atomic E-state index is 12.2. The zero-order valence-corrected chi connectivity index (χ0v) is 13.2. The standard InChI is InChI=1S/C17H17N3OS/c1-2-11-5-8-14-15(9-11)22-17(19-14)20-16(21)13-6-3-12(10-18)4-7-13/h3-4,6-7,11H,2,5,8-9H2,1H3,(H,19,20,21)/t11-/m1/s1. The fourth-order valence-corrected chi connectivity index (χ4v) is 3.83. The van der Waals surface area contributed by atoms with Gasteiger partial charge in [0.25, 0.3) is 5.91 Å². The minimum absolute atomic E-state index is 0.178. The van der Waals surface area contributed by atoms with Gasteiger partial charge in [-0.3, -0.25) is 10.1 Å². The molecule has 112 valence electrons. The molecule has 0 bridgehead atoms. The smallest absolute Gasteiger partial charge is 0.257 e. The largest absolute Gasteiger partial charge is 0.298 e. The van der Waals surface area contributed by atoms with Crippen molar-refractivity contribution in [2.45, 2.75) is 32.6 Å². The lowest BCUT2D eigenvalue weighted by atomic mass is 9.89. The fraction of sp³-hybridized carbons (Fsp3) is 0.353. The molecule has 0 saturated carbocycles. The molecule has 4 nitrogen and oxygen atoms in total. The number of carbonyl (C=O) groups is 1. The van der Waals surface area contributed by atoms with Gasteiger partial charge in [0.05, 0.1) is 17.3 Å². The Hall–Kier alpha value is -2.19. The average Bonchev–Trinajstić information content (AvgIpc) is 2.95. The molecule has 1 N–H and O–H groups in total. The molecule has 22 heavy (non-hydrogen) atoms. The monoisotopic (exact) mass is 311 g/mol. The topological polar surface area (TPSA) is 65.8 Å². The molecule has 0 unspecified atom stereocenters. The van der Waals surface area contributed by atoms with Crippen molar-refractivity contribution in [1.29, 1.82) is 5.26 Å². The second-order valence-corrected chi connectivity index (χ2v) is 6.63. The van der Waals surface area contributed by atoms with Crippen LogP contribution >= 0.6 is 11.3 Å². The van der Waals surface area contributed by atoms with Crippen LogP contribution in [-0.2, 0) is 12.8 Å². The van der Waals surface area contributed by atoms with Gasteiger partial charge < -0.3 is 0 Å². The van der Waals surface area contributed by atoms with E-state index in [0.717, 1.165) is 24.5 Å². The number of nitriles is 1. The number of thiazole rings is 1. The molecule has 1 amide bonds. The summed E-state index contributed by atoms with van der Waals surface area (Å²) < 4.78 is 0. The van der Waals surface area contributed by atoms with Crippen LogP contribution in [0.4, 0.5) is 5.13 Å². The molecule has 1 atom stereocenters. The quantitative estimate of drug-likeness (QED) is 0.938. The van der Waals surface area contributed by atoms with E-state index >= 15 is 0 Å². The molecule has 1 aromatic heterocycles. The Morgan fingerprint density at radius 3 is 2.91 bits per heavy atom. The normalized spacial score (nSPS) is 16.6. The molecule has 0 saturated heterocycles. The highest BCUT2D eigenvalue weighted by molar-refractivity contribution is 7.15. The number of aryl methyl sites for hydroxylation is 1. The number of carbonyl (C=O) groups excluding carboxylic acids is 1. The van der Waals surface area contributed by atoms with Gasteiger partial charge in [0, 0.05) is 10.4 Å². The first-order valence-corrected chi connectivity index (χ1v) is 8.31. The molecule has 1 aromatic carbocycles. The zero-order valence-electron chi connectivity index (χ0n) is 12.4. The minimum Gasteiger partial charge on any atom is -0.298 e.